The minimum absolute atomic E-state index is 0.00207. The molecule has 0 aromatic heterocycles. The molecule has 152 valence electrons. The van der Waals surface area contributed by atoms with Crippen LogP contribution in [0.1, 0.15) is 31.9 Å². The standard InChI is InChI=1S/C21H23N3O5/c1-14(2)29-19-9-7-16(8-10-19)13-22-21(26)20(23-15(3)25)12-17-5-4-6-18(11-17)24(27)28/h4-12,14H,13H2,1-3H3,(H,22,26)(H,23,25)/b20-12-. The first kappa shape index (κ1) is 21.6. The third kappa shape index (κ3) is 7.10. The zero-order valence-corrected chi connectivity index (χ0v) is 16.5. The van der Waals surface area contributed by atoms with E-state index in [1.54, 1.807) is 6.07 Å². The van der Waals surface area contributed by atoms with Gasteiger partial charge < -0.3 is 15.4 Å². The Bertz CT molecular complexity index is 920. The van der Waals surface area contributed by atoms with E-state index in [1.807, 2.05) is 38.1 Å². The van der Waals surface area contributed by atoms with Crippen LogP contribution in [-0.4, -0.2) is 22.8 Å². The molecule has 8 heteroatoms. The molecule has 0 heterocycles. The molecule has 0 atom stereocenters. The van der Waals surface area contributed by atoms with Gasteiger partial charge in [0.1, 0.15) is 11.4 Å². The summed E-state index contributed by atoms with van der Waals surface area (Å²) in [4.78, 5) is 34.4. The SMILES string of the molecule is CC(=O)N/C(=C\c1cccc([N+](=O)[O-])c1)C(=O)NCc1ccc(OC(C)C)cc1. The molecule has 2 rings (SSSR count). The topological polar surface area (TPSA) is 111 Å². The number of non-ortho nitro benzene ring substituents is 1. The first-order valence-corrected chi connectivity index (χ1v) is 9.02. The normalized spacial score (nSPS) is 11.1. The van der Waals surface area contributed by atoms with Crippen LogP contribution in [0.3, 0.4) is 0 Å². The van der Waals surface area contributed by atoms with E-state index in [9.17, 15) is 19.7 Å². The molecule has 0 saturated carbocycles. The lowest BCUT2D eigenvalue weighted by Gasteiger charge is -2.12. The van der Waals surface area contributed by atoms with Gasteiger partial charge in [-0.1, -0.05) is 24.3 Å². The molecule has 29 heavy (non-hydrogen) atoms. The Balaban J connectivity index is 2.11. The van der Waals surface area contributed by atoms with E-state index in [-0.39, 0.29) is 24.0 Å². The van der Waals surface area contributed by atoms with E-state index in [2.05, 4.69) is 10.6 Å². The lowest BCUT2D eigenvalue weighted by molar-refractivity contribution is -0.384. The molecule has 0 aliphatic carbocycles. The van der Waals surface area contributed by atoms with Gasteiger partial charge in [0.2, 0.25) is 5.91 Å². The largest absolute Gasteiger partial charge is 0.491 e. The lowest BCUT2D eigenvalue weighted by atomic mass is 10.1. The number of amides is 2. The Morgan fingerprint density at radius 2 is 1.86 bits per heavy atom. The van der Waals surface area contributed by atoms with Crippen LogP contribution in [0.5, 0.6) is 5.75 Å². The van der Waals surface area contributed by atoms with Crippen molar-refractivity contribution in [1.82, 2.24) is 10.6 Å². The number of nitro benzene ring substituents is 1. The molecule has 0 aliphatic rings. The maximum atomic E-state index is 12.5. The molecule has 0 aliphatic heterocycles. The summed E-state index contributed by atoms with van der Waals surface area (Å²) in [5.74, 6) is -0.194. The van der Waals surface area contributed by atoms with Crippen LogP contribution in [0.25, 0.3) is 6.08 Å². The molecule has 0 unspecified atom stereocenters. The van der Waals surface area contributed by atoms with Crippen molar-refractivity contribution in [2.45, 2.75) is 33.4 Å². The zero-order valence-electron chi connectivity index (χ0n) is 16.5. The Morgan fingerprint density at radius 1 is 1.17 bits per heavy atom. The van der Waals surface area contributed by atoms with Gasteiger partial charge in [0.05, 0.1) is 11.0 Å². The van der Waals surface area contributed by atoms with E-state index in [0.29, 0.717) is 5.56 Å². The number of nitrogens with one attached hydrogen (secondary N) is 2. The number of hydrogen-bond donors (Lipinski definition) is 2. The van der Waals surface area contributed by atoms with Crippen molar-refractivity contribution in [3.8, 4) is 5.75 Å². The van der Waals surface area contributed by atoms with Crippen molar-refractivity contribution in [2.24, 2.45) is 0 Å². The van der Waals surface area contributed by atoms with E-state index in [4.69, 9.17) is 4.74 Å². The predicted octanol–water partition coefficient (Wildman–Crippen LogP) is 3.18. The maximum Gasteiger partial charge on any atom is 0.270 e. The average molecular weight is 397 g/mol. The highest BCUT2D eigenvalue weighted by Crippen LogP contribution is 2.16. The van der Waals surface area contributed by atoms with Crippen LogP contribution in [0.2, 0.25) is 0 Å². The molecule has 0 saturated heterocycles. The number of benzene rings is 2. The van der Waals surface area contributed by atoms with Gasteiger partial charge in [0.15, 0.2) is 0 Å². The van der Waals surface area contributed by atoms with Crippen LogP contribution in [0.15, 0.2) is 54.2 Å². The first-order chi connectivity index (χ1) is 13.7. The van der Waals surface area contributed by atoms with Gasteiger partial charge in [0.25, 0.3) is 11.6 Å². The van der Waals surface area contributed by atoms with Crippen molar-refractivity contribution in [3.63, 3.8) is 0 Å². The molecule has 8 nitrogen and oxygen atoms in total. The summed E-state index contributed by atoms with van der Waals surface area (Å²) in [6.07, 6.45) is 1.46. The number of carbonyl (C=O) groups is 2. The summed E-state index contributed by atoms with van der Waals surface area (Å²) >= 11 is 0. The Hall–Kier alpha value is -3.68. The van der Waals surface area contributed by atoms with Crippen LogP contribution in [0, 0.1) is 10.1 Å². The maximum absolute atomic E-state index is 12.5. The second-order valence-electron chi connectivity index (χ2n) is 6.58. The van der Waals surface area contributed by atoms with Crippen LogP contribution >= 0.6 is 0 Å². The number of hydrogen-bond acceptors (Lipinski definition) is 5. The quantitative estimate of drug-likeness (QED) is 0.404. The second-order valence-corrected chi connectivity index (χ2v) is 6.58. The van der Waals surface area contributed by atoms with Crippen LogP contribution in [-0.2, 0) is 16.1 Å². The van der Waals surface area contributed by atoms with E-state index in [0.717, 1.165) is 11.3 Å². The summed E-state index contributed by atoms with van der Waals surface area (Å²) in [5, 5.41) is 16.1. The molecule has 2 aromatic carbocycles. The zero-order chi connectivity index (χ0) is 21.4. The Labute approximate surface area is 168 Å². The molecule has 0 radical (unpaired) electrons. The lowest BCUT2D eigenvalue weighted by Crippen LogP contribution is -2.33. The van der Waals surface area contributed by atoms with Crippen molar-refractivity contribution in [2.75, 3.05) is 0 Å². The smallest absolute Gasteiger partial charge is 0.270 e. The minimum atomic E-state index is -0.526. The van der Waals surface area contributed by atoms with Gasteiger partial charge >= 0.3 is 0 Å². The average Bonchev–Trinajstić information content (AvgIpc) is 2.66. The highest BCUT2D eigenvalue weighted by Gasteiger charge is 2.12. The molecule has 0 bridgehead atoms. The fourth-order valence-electron chi connectivity index (χ4n) is 2.48. The molecule has 2 N–H and O–H groups in total. The van der Waals surface area contributed by atoms with E-state index >= 15 is 0 Å². The van der Waals surface area contributed by atoms with E-state index in [1.165, 1.54) is 31.2 Å². The molecule has 2 amide bonds. The number of nitro groups is 1. The summed E-state index contributed by atoms with van der Waals surface area (Å²) in [6.45, 7) is 5.39. The Morgan fingerprint density at radius 3 is 2.45 bits per heavy atom. The number of nitrogens with zero attached hydrogens (tertiary/aromatic N) is 1. The fraction of sp³-hybridized carbons (Fsp3) is 0.238. The molecule has 0 spiro atoms. The molecule has 0 fully saturated rings. The van der Waals surface area contributed by atoms with Crippen molar-refractivity contribution >= 4 is 23.6 Å². The summed E-state index contributed by atoms with van der Waals surface area (Å²) in [7, 11) is 0. The minimum Gasteiger partial charge on any atom is -0.491 e. The monoisotopic (exact) mass is 397 g/mol. The van der Waals surface area contributed by atoms with Gasteiger partial charge in [-0.15, -0.1) is 0 Å². The second kappa shape index (κ2) is 10.0. The highest BCUT2D eigenvalue weighted by atomic mass is 16.6. The van der Waals surface area contributed by atoms with Gasteiger partial charge in [-0.25, -0.2) is 0 Å². The first-order valence-electron chi connectivity index (χ1n) is 9.02. The number of carbonyl (C=O) groups excluding carboxylic acids is 2. The fourth-order valence-corrected chi connectivity index (χ4v) is 2.48. The third-order valence-corrected chi connectivity index (χ3v) is 3.70. The summed E-state index contributed by atoms with van der Waals surface area (Å²) in [5.41, 5.74) is 1.17. The van der Waals surface area contributed by atoms with Gasteiger partial charge in [0, 0.05) is 25.6 Å². The molecule has 2 aromatic rings. The van der Waals surface area contributed by atoms with E-state index < -0.39 is 16.7 Å². The molecular weight excluding hydrogens is 374 g/mol. The Kier molecular flexibility index (Phi) is 7.47. The van der Waals surface area contributed by atoms with Gasteiger partial charge in [-0.2, -0.15) is 0 Å². The number of ether oxygens (including phenoxy) is 1. The summed E-state index contributed by atoms with van der Waals surface area (Å²) in [6, 6.07) is 13.1. The van der Waals surface area contributed by atoms with Crippen LogP contribution < -0.4 is 15.4 Å². The van der Waals surface area contributed by atoms with Crippen molar-refractivity contribution in [1.29, 1.82) is 0 Å². The predicted molar refractivity (Wildman–Crippen MR) is 109 cm³/mol. The van der Waals surface area contributed by atoms with Crippen molar-refractivity contribution in [3.05, 3.63) is 75.5 Å². The third-order valence-electron chi connectivity index (χ3n) is 3.70. The van der Waals surface area contributed by atoms with Crippen LogP contribution in [0.4, 0.5) is 5.69 Å². The van der Waals surface area contributed by atoms with Crippen molar-refractivity contribution < 1.29 is 19.2 Å². The highest BCUT2D eigenvalue weighted by molar-refractivity contribution is 6.00. The molecular formula is C21H23N3O5. The van der Waals surface area contributed by atoms with Gasteiger partial charge in [-0.3, -0.25) is 19.7 Å². The summed E-state index contributed by atoms with van der Waals surface area (Å²) < 4.78 is 5.58. The number of rotatable bonds is 8. The van der Waals surface area contributed by atoms with Gasteiger partial charge in [-0.05, 0) is 43.2 Å².